The number of rotatable bonds is 6. The highest BCUT2D eigenvalue weighted by molar-refractivity contribution is 5.53. The molecule has 5 heteroatoms. The Balaban J connectivity index is 2.22. The molecule has 0 saturated carbocycles. The Bertz CT molecular complexity index is 534. The van der Waals surface area contributed by atoms with Gasteiger partial charge in [0.2, 0.25) is 5.82 Å². The Labute approximate surface area is 119 Å². The first-order chi connectivity index (χ1) is 9.65. The Hall–Kier alpha value is -1.72. The first-order valence-corrected chi connectivity index (χ1v) is 6.90. The van der Waals surface area contributed by atoms with Crippen molar-refractivity contribution in [3.63, 3.8) is 0 Å². The average molecular weight is 275 g/mol. The third kappa shape index (κ3) is 3.23. The maximum Gasteiger partial charge on any atom is 0.258 e. The van der Waals surface area contributed by atoms with Crippen molar-refractivity contribution in [2.75, 3.05) is 6.61 Å². The minimum absolute atomic E-state index is 0.138. The van der Waals surface area contributed by atoms with Crippen LogP contribution in [-0.4, -0.2) is 16.7 Å². The van der Waals surface area contributed by atoms with Crippen LogP contribution in [0.4, 0.5) is 0 Å². The second-order valence-electron chi connectivity index (χ2n) is 4.98. The van der Waals surface area contributed by atoms with Crippen LogP contribution in [0.3, 0.4) is 0 Å². The predicted octanol–water partition coefficient (Wildman–Crippen LogP) is 2.93. The van der Waals surface area contributed by atoms with Crippen LogP contribution in [0.15, 0.2) is 28.8 Å². The molecule has 0 bridgehead atoms. The SMILES string of the molecule is CCOC(c1noc(-c2ccc(CN)cc2)n1)C(C)C. The molecule has 2 rings (SSSR count). The fourth-order valence-corrected chi connectivity index (χ4v) is 2.00. The van der Waals surface area contributed by atoms with Gasteiger partial charge in [0, 0.05) is 18.7 Å². The van der Waals surface area contributed by atoms with Crippen LogP contribution < -0.4 is 5.73 Å². The maximum absolute atomic E-state index is 5.67. The molecule has 1 atom stereocenters. The molecule has 1 aromatic heterocycles. The lowest BCUT2D eigenvalue weighted by Gasteiger charge is -2.16. The molecule has 0 aliphatic heterocycles. The van der Waals surface area contributed by atoms with E-state index in [4.69, 9.17) is 15.0 Å². The van der Waals surface area contributed by atoms with Gasteiger partial charge in [-0.1, -0.05) is 31.1 Å². The van der Waals surface area contributed by atoms with Gasteiger partial charge in [0.05, 0.1) is 0 Å². The monoisotopic (exact) mass is 275 g/mol. The molecule has 20 heavy (non-hydrogen) atoms. The zero-order chi connectivity index (χ0) is 14.5. The van der Waals surface area contributed by atoms with Gasteiger partial charge >= 0.3 is 0 Å². The van der Waals surface area contributed by atoms with E-state index in [1.807, 2.05) is 31.2 Å². The third-order valence-electron chi connectivity index (χ3n) is 3.08. The van der Waals surface area contributed by atoms with E-state index in [9.17, 15) is 0 Å². The molecule has 2 aromatic rings. The zero-order valence-corrected chi connectivity index (χ0v) is 12.2. The second kappa shape index (κ2) is 6.63. The first kappa shape index (κ1) is 14.7. The fraction of sp³-hybridized carbons (Fsp3) is 0.467. The Morgan fingerprint density at radius 1 is 1.25 bits per heavy atom. The highest BCUT2D eigenvalue weighted by Crippen LogP contribution is 2.26. The first-order valence-electron chi connectivity index (χ1n) is 6.90. The molecule has 5 nitrogen and oxygen atoms in total. The van der Waals surface area contributed by atoms with Crippen molar-refractivity contribution in [3.8, 4) is 11.5 Å². The molecule has 0 fully saturated rings. The summed E-state index contributed by atoms with van der Waals surface area (Å²) in [6.07, 6.45) is -0.138. The van der Waals surface area contributed by atoms with Crippen molar-refractivity contribution < 1.29 is 9.26 Å². The minimum Gasteiger partial charge on any atom is -0.370 e. The van der Waals surface area contributed by atoms with E-state index in [1.54, 1.807) is 0 Å². The molecule has 108 valence electrons. The van der Waals surface area contributed by atoms with Crippen molar-refractivity contribution in [1.82, 2.24) is 10.1 Å². The van der Waals surface area contributed by atoms with Crippen molar-refractivity contribution in [2.24, 2.45) is 11.7 Å². The summed E-state index contributed by atoms with van der Waals surface area (Å²) in [5, 5.41) is 4.04. The molecule has 0 radical (unpaired) electrons. The van der Waals surface area contributed by atoms with Gasteiger partial charge in [-0.15, -0.1) is 0 Å². The number of hydrogen-bond donors (Lipinski definition) is 1. The molecule has 0 aliphatic rings. The standard InChI is InChI=1S/C15H21N3O2/c1-4-19-13(10(2)3)14-17-15(20-18-14)12-7-5-11(9-16)6-8-12/h5-8,10,13H,4,9,16H2,1-3H3. The minimum atomic E-state index is -0.138. The largest absolute Gasteiger partial charge is 0.370 e. The van der Waals surface area contributed by atoms with Gasteiger partial charge in [-0.3, -0.25) is 0 Å². The fourth-order valence-electron chi connectivity index (χ4n) is 2.00. The van der Waals surface area contributed by atoms with Crippen molar-refractivity contribution in [2.45, 2.75) is 33.4 Å². The predicted molar refractivity (Wildman–Crippen MR) is 76.8 cm³/mol. The van der Waals surface area contributed by atoms with Gasteiger partial charge in [0.15, 0.2) is 0 Å². The van der Waals surface area contributed by atoms with Gasteiger partial charge in [-0.25, -0.2) is 0 Å². The van der Waals surface area contributed by atoms with E-state index in [2.05, 4.69) is 24.0 Å². The lowest BCUT2D eigenvalue weighted by atomic mass is 10.1. The van der Waals surface area contributed by atoms with Crippen molar-refractivity contribution in [1.29, 1.82) is 0 Å². The summed E-state index contributed by atoms with van der Waals surface area (Å²) in [5.74, 6) is 1.40. The highest BCUT2D eigenvalue weighted by atomic mass is 16.5. The number of hydrogen-bond acceptors (Lipinski definition) is 5. The average Bonchev–Trinajstić information content (AvgIpc) is 2.94. The summed E-state index contributed by atoms with van der Waals surface area (Å²) in [6, 6.07) is 7.79. The molecule has 0 spiro atoms. The second-order valence-corrected chi connectivity index (χ2v) is 4.98. The number of nitrogens with zero attached hydrogens (tertiary/aromatic N) is 2. The summed E-state index contributed by atoms with van der Waals surface area (Å²) in [5.41, 5.74) is 7.54. The molecule has 0 saturated heterocycles. The van der Waals surface area contributed by atoms with Crippen LogP contribution in [0.1, 0.15) is 38.3 Å². The Morgan fingerprint density at radius 2 is 1.95 bits per heavy atom. The normalized spacial score (nSPS) is 12.8. The van der Waals surface area contributed by atoms with Crippen molar-refractivity contribution >= 4 is 0 Å². The van der Waals surface area contributed by atoms with Crippen LogP contribution in [0.25, 0.3) is 11.5 Å². The summed E-state index contributed by atoms with van der Waals surface area (Å²) in [7, 11) is 0. The van der Waals surface area contributed by atoms with Crippen molar-refractivity contribution in [3.05, 3.63) is 35.7 Å². The molecule has 0 amide bonds. The summed E-state index contributed by atoms with van der Waals surface area (Å²) < 4.78 is 11.0. The molecule has 1 aromatic carbocycles. The van der Waals surface area contributed by atoms with E-state index in [-0.39, 0.29) is 6.10 Å². The quantitative estimate of drug-likeness (QED) is 0.877. The molecule has 0 aliphatic carbocycles. The van der Waals surface area contributed by atoms with Gasteiger partial charge in [-0.05, 0) is 30.5 Å². The summed E-state index contributed by atoms with van der Waals surface area (Å²) in [4.78, 5) is 4.44. The maximum atomic E-state index is 5.67. The van der Waals surface area contributed by atoms with Gasteiger partial charge in [-0.2, -0.15) is 4.98 Å². The van der Waals surface area contributed by atoms with E-state index < -0.39 is 0 Å². The number of benzene rings is 1. The molecular weight excluding hydrogens is 254 g/mol. The smallest absolute Gasteiger partial charge is 0.258 e. The van der Waals surface area contributed by atoms with Gasteiger partial charge < -0.3 is 15.0 Å². The highest BCUT2D eigenvalue weighted by Gasteiger charge is 2.22. The number of aromatic nitrogens is 2. The molecular formula is C15H21N3O2. The summed E-state index contributed by atoms with van der Waals surface area (Å²) >= 11 is 0. The molecule has 2 N–H and O–H groups in total. The molecule has 1 heterocycles. The van der Waals surface area contributed by atoms with Crippen LogP contribution in [0.2, 0.25) is 0 Å². The molecule has 1 unspecified atom stereocenters. The lowest BCUT2D eigenvalue weighted by molar-refractivity contribution is 0.0217. The Kier molecular flexibility index (Phi) is 4.87. The van der Waals surface area contributed by atoms with Crippen LogP contribution in [0, 0.1) is 5.92 Å². The third-order valence-corrected chi connectivity index (χ3v) is 3.08. The van der Waals surface area contributed by atoms with Crippen LogP contribution in [0.5, 0.6) is 0 Å². The van der Waals surface area contributed by atoms with E-state index in [0.717, 1.165) is 11.1 Å². The topological polar surface area (TPSA) is 74.2 Å². The van der Waals surface area contributed by atoms with Gasteiger partial charge in [0.1, 0.15) is 6.10 Å². The zero-order valence-electron chi connectivity index (χ0n) is 12.2. The van der Waals surface area contributed by atoms with Crippen LogP contribution >= 0.6 is 0 Å². The number of nitrogens with two attached hydrogens (primary N) is 1. The Morgan fingerprint density at radius 3 is 2.50 bits per heavy atom. The van der Waals surface area contributed by atoms with E-state index in [1.165, 1.54) is 0 Å². The van der Waals surface area contributed by atoms with E-state index in [0.29, 0.717) is 30.8 Å². The van der Waals surface area contributed by atoms with Crippen LogP contribution in [-0.2, 0) is 11.3 Å². The van der Waals surface area contributed by atoms with Gasteiger partial charge in [0.25, 0.3) is 5.89 Å². The number of ether oxygens (including phenoxy) is 1. The lowest BCUT2D eigenvalue weighted by Crippen LogP contribution is -2.12. The van der Waals surface area contributed by atoms with E-state index >= 15 is 0 Å². The summed E-state index contributed by atoms with van der Waals surface area (Å²) in [6.45, 7) is 7.26.